The molecule has 0 saturated carbocycles. The van der Waals surface area contributed by atoms with E-state index in [1.54, 1.807) is 30.0 Å². The molecule has 0 atom stereocenters. The summed E-state index contributed by atoms with van der Waals surface area (Å²) in [5.41, 5.74) is 1.62. The van der Waals surface area contributed by atoms with Crippen molar-refractivity contribution in [2.24, 2.45) is 0 Å². The van der Waals surface area contributed by atoms with E-state index >= 15 is 0 Å². The maximum atomic E-state index is 12.1. The van der Waals surface area contributed by atoms with Gasteiger partial charge >= 0.3 is 12.0 Å². The van der Waals surface area contributed by atoms with Gasteiger partial charge in [-0.1, -0.05) is 23.8 Å². The van der Waals surface area contributed by atoms with Crippen LogP contribution in [0.1, 0.15) is 5.56 Å². The number of carboxylic acids is 1. The summed E-state index contributed by atoms with van der Waals surface area (Å²) in [6, 6.07) is 6.77. The monoisotopic (exact) mass is 308 g/mol. The van der Waals surface area contributed by atoms with Gasteiger partial charge in [0, 0.05) is 23.7 Å². The largest absolute Gasteiger partial charge is 0.480 e. The van der Waals surface area contributed by atoms with Crippen molar-refractivity contribution < 1.29 is 14.7 Å². The molecule has 0 heterocycles. The quantitative estimate of drug-likeness (QED) is 0.572. The zero-order chi connectivity index (χ0) is 15.7. The number of hydrogen-bond acceptors (Lipinski definition) is 3. The molecule has 2 amide bonds. The number of anilines is 1. The zero-order valence-corrected chi connectivity index (χ0v) is 12.9. The number of nitrogens with one attached hydrogen (secondary N) is 1. The van der Waals surface area contributed by atoms with Crippen molar-refractivity contribution in [3.05, 3.63) is 42.5 Å². The number of amides is 2. The number of aliphatic carboxylic acids is 1. The van der Waals surface area contributed by atoms with Crippen LogP contribution in [0.5, 0.6) is 0 Å². The second-order valence-electron chi connectivity index (χ2n) is 4.41. The molecule has 1 aromatic rings. The van der Waals surface area contributed by atoms with Crippen molar-refractivity contribution in [1.29, 1.82) is 0 Å². The Labute approximate surface area is 129 Å². The fourth-order valence-electron chi connectivity index (χ4n) is 1.63. The average molecular weight is 308 g/mol. The van der Waals surface area contributed by atoms with Crippen LogP contribution in [0.4, 0.5) is 10.5 Å². The van der Waals surface area contributed by atoms with Crippen LogP contribution in [0.2, 0.25) is 0 Å². The third kappa shape index (κ3) is 6.35. The smallest absolute Gasteiger partial charge is 0.323 e. The molecule has 1 aromatic carbocycles. The summed E-state index contributed by atoms with van der Waals surface area (Å²) in [6.45, 7) is 5.67. The van der Waals surface area contributed by atoms with E-state index in [4.69, 9.17) is 5.11 Å². The van der Waals surface area contributed by atoms with Crippen LogP contribution in [0, 0.1) is 6.92 Å². The van der Waals surface area contributed by atoms with E-state index < -0.39 is 12.0 Å². The minimum absolute atomic E-state index is 0.366. The first kappa shape index (κ1) is 17.1. The van der Waals surface area contributed by atoms with Crippen molar-refractivity contribution >= 4 is 29.4 Å². The molecule has 0 aliphatic heterocycles. The van der Waals surface area contributed by atoms with Crippen molar-refractivity contribution in [3.63, 3.8) is 0 Å². The first-order valence-electron chi connectivity index (χ1n) is 6.57. The first-order chi connectivity index (χ1) is 10.0. The minimum atomic E-state index is -1.05. The Morgan fingerprint density at radius 3 is 2.62 bits per heavy atom. The molecule has 0 unspecified atom stereocenters. The van der Waals surface area contributed by atoms with Crippen LogP contribution < -0.4 is 10.2 Å². The minimum Gasteiger partial charge on any atom is -0.480 e. The van der Waals surface area contributed by atoms with Gasteiger partial charge in [0.05, 0.1) is 0 Å². The maximum Gasteiger partial charge on any atom is 0.323 e. The summed E-state index contributed by atoms with van der Waals surface area (Å²) < 4.78 is 0. The Hall–Kier alpha value is -1.95. The first-order valence-corrected chi connectivity index (χ1v) is 7.72. The molecule has 6 heteroatoms. The fourth-order valence-corrected chi connectivity index (χ4v) is 2.21. The summed E-state index contributed by atoms with van der Waals surface area (Å²) in [4.78, 5) is 24.3. The van der Waals surface area contributed by atoms with Gasteiger partial charge < -0.3 is 10.4 Å². The molecular weight excluding hydrogens is 288 g/mol. The van der Waals surface area contributed by atoms with Gasteiger partial charge in [0.2, 0.25) is 0 Å². The van der Waals surface area contributed by atoms with Crippen LogP contribution in [0.25, 0.3) is 0 Å². The van der Waals surface area contributed by atoms with Crippen LogP contribution in [-0.2, 0) is 4.79 Å². The third-order valence-corrected chi connectivity index (χ3v) is 3.61. The van der Waals surface area contributed by atoms with Gasteiger partial charge in [0.15, 0.2) is 0 Å². The number of thioether (sulfide) groups is 1. The molecule has 0 bridgehead atoms. The fraction of sp³-hybridized carbons (Fsp3) is 0.333. The summed E-state index contributed by atoms with van der Waals surface area (Å²) in [6.07, 6.45) is 1.80. The van der Waals surface area contributed by atoms with Gasteiger partial charge in [-0.15, -0.1) is 6.58 Å². The van der Waals surface area contributed by atoms with Crippen LogP contribution in [0.3, 0.4) is 0 Å². The van der Waals surface area contributed by atoms with E-state index in [2.05, 4.69) is 11.9 Å². The number of carbonyl (C=O) groups is 2. The number of carbonyl (C=O) groups excluding carboxylic acids is 1. The maximum absolute atomic E-state index is 12.1. The van der Waals surface area contributed by atoms with Gasteiger partial charge in [-0.05, 0) is 19.1 Å². The number of nitrogens with zero attached hydrogens (tertiary/aromatic N) is 1. The van der Waals surface area contributed by atoms with Crippen molar-refractivity contribution in [2.75, 3.05) is 29.5 Å². The second kappa shape index (κ2) is 9.07. The lowest BCUT2D eigenvalue weighted by molar-refractivity contribution is -0.135. The Balaban J connectivity index is 2.64. The molecule has 0 spiro atoms. The van der Waals surface area contributed by atoms with Crippen molar-refractivity contribution in [2.45, 2.75) is 6.92 Å². The highest BCUT2D eigenvalue weighted by Crippen LogP contribution is 2.15. The SMILES string of the molecule is C=CCSCCNC(=O)N(CC(=O)O)c1ccc(C)cc1. The van der Waals surface area contributed by atoms with E-state index in [9.17, 15) is 9.59 Å². The number of carboxylic acid groups (broad SMARTS) is 1. The highest BCUT2D eigenvalue weighted by atomic mass is 32.2. The van der Waals surface area contributed by atoms with Crippen LogP contribution in [0.15, 0.2) is 36.9 Å². The Morgan fingerprint density at radius 2 is 2.05 bits per heavy atom. The standard InChI is InChI=1S/C15H20N2O3S/c1-3-9-21-10-8-16-15(20)17(11-14(18)19)13-6-4-12(2)5-7-13/h3-7H,1,8-11H2,2H3,(H,16,20)(H,18,19). The van der Waals surface area contributed by atoms with Gasteiger partial charge in [-0.25, -0.2) is 4.79 Å². The topological polar surface area (TPSA) is 69.6 Å². The molecule has 0 aromatic heterocycles. The lowest BCUT2D eigenvalue weighted by atomic mass is 10.2. The molecule has 21 heavy (non-hydrogen) atoms. The molecular formula is C15H20N2O3S. The van der Waals surface area contributed by atoms with Gasteiger partial charge in [-0.2, -0.15) is 11.8 Å². The summed E-state index contributed by atoms with van der Waals surface area (Å²) in [5, 5.41) is 11.7. The predicted octanol–water partition coefficient (Wildman–Crippen LogP) is 2.51. The Bertz CT molecular complexity index is 488. The highest BCUT2D eigenvalue weighted by molar-refractivity contribution is 7.99. The lowest BCUT2D eigenvalue weighted by Crippen LogP contribution is -2.43. The summed E-state index contributed by atoms with van der Waals surface area (Å²) >= 11 is 1.65. The van der Waals surface area contributed by atoms with Crippen LogP contribution >= 0.6 is 11.8 Å². The molecule has 0 fully saturated rings. The zero-order valence-electron chi connectivity index (χ0n) is 12.0. The number of hydrogen-bond donors (Lipinski definition) is 2. The average Bonchev–Trinajstić information content (AvgIpc) is 2.45. The number of urea groups is 1. The van der Waals surface area contributed by atoms with Crippen molar-refractivity contribution in [3.8, 4) is 0 Å². The van der Waals surface area contributed by atoms with E-state index in [0.717, 1.165) is 17.1 Å². The molecule has 5 nitrogen and oxygen atoms in total. The number of rotatable bonds is 8. The van der Waals surface area contributed by atoms with E-state index in [1.165, 1.54) is 4.90 Å². The van der Waals surface area contributed by atoms with Gasteiger partial charge in [0.1, 0.15) is 6.54 Å². The molecule has 0 aliphatic carbocycles. The van der Waals surface area contributed by atoms with E-state index in [-0.39, 0.29) is 6.54 Å². The Kier molecular flexibility index (Phi) is 7.39. The molecule has 114 valence electrons. The number of benzene rings is 1. The van der Waals surface area contributed by atoms with E-state index in [1.807, 2.05) is 19.1 Å². The molecule has 0 aliphatic rings. The molecule has 1 rings (SSSR count). The van der Waals surface area contributed by atoms with Gasteiger partial charge in [-0.3, -0.25) is 9.69 Å². The highest BCUT2D eigenvalue weighted by Gasteiger charge is 2.18. The second-order valence-corrected chi connectivity index (χ2v) is 5.56. The normalized spacial score (nSPS) is 9.95. The summed E-state index contributed by atoms with van der Waals surface area (Å²) in [5.74, 6) is 0.533. The molecule has 0 saturated heterocycles. The van der Waals surface area contributed by atoms with Gasteiger partial charge in [0.25, 0.3) is 0 Å². The molecule has 0 radical (unpaired) electrons. The van der Waals surface area contributed by atoms with E-state index in [0.29, 0.717) is 12.2 Å². The predicted molar refractivity (Wildman–Crippen MR) is 87.1 cm³/mol. The summed E-state index contributed by atoms with van der Waals surface area (Å²) in [7, 11) is 0. The van der Waals surface area contributed by atoms with Crippen molar-refractivity contribution in [1.82, 2.24) is 5.32 Å². The van der Waals surface area contributed by atoms with Crippen LogP contribution in [-0.4, -0.2) is 41.7 Å². The third-order valence-electron chi connectivity index (χ3n) is 2.64. The number of aryl methyl sites for hydroxylation is 1. The lowest BCUT2D eigenvalue weighted by Gasteiger charge is -2.21. The Morgan fingerprint density at radius 1 is 1.38 bits per heavy atom. The molecule has 2 N–H and O–H groups in total.